The third-order valence-corrected chi connectivity index (χ3v) is 4.81. The molecule has 0 aromatic carbocycles. The molecule has 1 aliphatic rings. The average Bonchev–Trinajstić information content (AvgIpc) is 2.46. The molecule has 0 radical (unpaired) electrons. The summed E-state index contributed by atoms with van der Waals surface area (Å²) in [6, 6.07) is 0. The van der Waals surface area contributed by atoms with Crippen molar-refractivity contribution in [1.82, 2.24) is 0 Å². The highest BCUT2D eigenvalue weighted by Gasteiger charge is 2.41. The Morgan fingerprint density at radius 3 is 2.26 bits per heavy atom. The molecule has 1 saturated carbocycles. The van der Waals surface area contributed by atoms with E-state index >= 15 is 0 Å². The molecule has 0 amide bonds. The molecular weight excluding hydrogens is 236 g/mol. The van der Waals surface area contributed by atoms with Crippen LogP contribution in [0.25, 0.3) is 0 Å². The third kappa shape index (κ3) is 4.81. The van der Waals surface area contributed by atoms with Crippen LogP contribution in [0.2, 0.25) is 0 Å². The van der Waals surface area contributed by atoms with E-state index in [4.69, 9.17) is 4.74 Å². The number of carbonyl (C=O) groups is 1. The smallest absolute Gasteiger partial charge is 0.312 e. The van der Waals surface area contributed by atoms with Crippen molar-refractivity contribution < 1.29 is 9.53 Å². The molecule has 0 N–H and O–H groups in total. The van der Waals surface area contributed by atoms with E-state index in [1.165, 1.54) is 32.1 Å². The number of esters is 1. The van der Waals surface area contributed by atoms with Gasteiger partial charge in [-0.05, 0) is 31.6 Å². The molecule has 0 unspecified atom stereocenters. The quantitative estimate of drug-likeness (QED) is 0.452. The molecule has 0 bridgehead atoms. The van der Waals surface area contributed by atoms with E-state index in [1.807, 2.05) is 0 Å². The Morgan fingerprint density at radius 1 is 1.11 bits per heavy atom. The number of unbranched alkanes of at least 4 members (excludes halogenated alkanes) is 1. The van der Waals surface area contributed by atoms with Crippen LogP contribution < -0.4 is 0 Å². The van der Waals surface area contributed by atoms with Gasteiger partial charge in [-0.2, -0.15) is 0 Å². The molecule has 19 heavy (non-hydrogen) atoms. The summed E-state index contributed by atoms with van der Waals surface area (Å²) in [5.74, 6) is 0.782. The molecule has 0 aromatic heterocycles. The first-order valence-electron chi connectivity index (χ1n) is 8.35. The van der Waals surface area contributed by atoms with Crippen LogP contribution in [0, 0.1) is 11.3 Å². The Hall–Kier alpha value is -0.530. The molecule has 1 fully saturated rings. The van der Waals surface area contributed by atoms with Crippen LogP contribution in [0.15, 0.2) is 0 Å². The lowest BCUT2D eigenvalue weighted by molar-refractivity contribution is -0.159. The summed E-state index contributed by atoms with van der Waals surface area (Å²) in [7, 11) is 0. The molecule has 0 aliphatic heterocycles. The van der Waals surface area contributed by atoms with Crippen molar-refractivity contribution in [1.29, 1.82) is 0 Å². The predicted molar refractivity (Wildman–Crippen MR) is 80.1 cm³/mol. The molecule has 2 heteroatoms. The van der Waals surface area contributed by atoms with Gasteiger partial charge in [-0.1, -0.05) is 59.3 Å². The number of rotatable bonds is 8. The van der Waals surface area contributed by atoms with Crippen molar-refractivity contribution in [3.05, 3.63) is 0 Å². The van der Waals surface area contributed by atoms with E-state index < -0.39 is 0 Å². The molecule has 2 nitrogen and oxygen atoms in total. The molecule has 0 aromatic rings. The molecule has 1 rings (SSSR count). The molecule has 0 atom stereocenters. The first-order chi connectivity index (χ1) is 9.18. The fourth-order valence-corrected chi connectivity index (χ4v) is 3.31. The number of carbonyl (C=O) groups excluding carboxylic acids is 1. The normalized spacial score (nSPS) is 18.5. The second-order valence-corrected chi connectivity index (χ2v) is 6.22. The standard InChI is InChI=1S/C17H32O2/c1-4-7-13-19-16(18)17(11-9-8-10-12-17)14-15(5-2)6-3/h15H,4-14H2,1-3H3. The topological polar surface area (TPSA) is 26.3 Å². The van der Waals surface area contributed by atoms with E-state index in [9.17, 15) is 4.79 Å². The zero-order valence-corrected chi connectivity index (χ0v) is 13.2. The van der Waals surface area contributed by atoms with Gasteiger partial charge in [-0.25, -0.2) is 0 Å². The molecule has 112 valence electrons. The zero-order chi connectivity index (χ0) is 14.1. The second kappa shape index (κ2) is 8.60. The maximum Gasteiger partial charge on any atom is 0.312 e. The fraction of sp³-hybridized carbons (Fsp3) is 0.941. The van der Waals surface area contributed by atoms with Crippen molar-refractivity contribution in [2.45, 2.75) is 85.0 Å². The Balaban J connectivity index is 2.65. The monoisotopic (exact) mass is 268 g/mol. The van der Waals surface area contributed by atoms with E-state index in [2.05, 4.69) is 20.8 Å². The van der Waals surface area contributed by atoms with Crippen LogP contribution in [0.3, 0.4) is 0 Å². The summed E-state index contributed by atoms with van der Waals surface area (Å²) < 4.78 is 5.58. The van der Waals surface area contributed by atoms with Crippen molar-refractivity contribution >= 4 is 5.97 Å². The number of ether oxygens (including phenoxy) is 1. The first-order valence-corrected chi connectivity index (χ1v) is 8.35. The number of hydrogen-bond donors (Lipinski definition) is 0. The largest absolute Gasteiger partial charge is 0.465 e. The molecule has 0 saturated heterocycles. The van der Waals surface area contributed by atoms with Gasteiger partial charge in [0.15, 0.2) is 0 Å². The van der Waals surface area contributed by atoms with E-state index in [0.717, 1.165) is 32.1 Å². The van der Waals surface area contributed by atoms with Gasteiger partial charge in [0.1, 0.15) is 0 Å². The summed E-state index contributed by atoms with van der Waals surface area (Å²) in [6.07, 6.45) is 11.3. The molecule has 1 aliphatic carbocycles. The Morgan fingerprint density at radius 2 is 1.74 bits per heavy atom. The van der Waals surface area contributed by atoms with Gasteiger partial charge in [0.2, 0.25) is 0 Å². The first kappa shape index (κ1) is 16.5. The predicted octanol–water partition coefficient (Wildman–Crippen LogP) is 5.11. The van der Waals surface area contributed by atoms with Crippen LogP contribution >= 0.6 is 0 Å². The van der Waals surface area contributed by atoms with E-state index in [-0.39, 0.29) is 11.4 Å². The van der Waals surface area contributed by atoms with Crippen LogP contribution in [0.5, 0.6) is 0 Å². The minimum absolute atomic E-state index is 0.104. The SMILES string of the molecule is CCCCOC(=O)C1(CC(CC)CC)CCCCC1. The minimum atomic E-state index is -0.150. The highest BCUT2D eigenvalue weighted by Crippen LogP contribution is 2.43. The van der Waals surface area contributed by atoms with Gasteiger partial charge in [0.05, 0.1) is 12.0 Å². The van der Waals surface area contributed by atoms with Crippen LogP contribution in [0.4, 0.5) is 0 Å². The van der Waals surface area contributed by atoms with Crippen molar-refractivity contribution in [2.24, 2.45) is 11.3 Å². The van der Waals surface area contributed by atoms with E-state index in [0.29, 0.717) is 12.5 Å². The van der Waals surface area contributed by atoms with Crippen LogP contribution in [0.1, 0.15) is 85.0 Å². The third-order valence-electron chi connectivity index (χ3n) is 4.81. The maximum atomic E-state index is 12.5. The lowest BCUT2D eigenvalue weighted by atomic mass is 9.68. The van der Waals surface area contributed by atoms with Gasteiger partial charge in [-0.3, -0.25) is 4.79 Å². The zero-order valence-electron chi connectivity index (χ0n) is 13.2. The maximum absolute atomic E-state index is 12.5. The lowest BCUT2D eigenvalue weighted by Gasteiger charge is -2.37. The highest BCUT2D eigenvalue weighted by atomic mass is 16.5. The highest BCUT2D eigenvalue weighted by molar-refractivity contribution is 5.77. The summed E-state index contributed by atoms with van der Waals surface area (Å²) in [5, 5.41) is 0. The molecule has 0 spiro atoms. The van der Waals surface area contributed by atoms with Gasteiger partial charge in [0, 0.05) is 0 Å². The van der Waals surface area contributed by atoms with E-state index in [1.54, 1.807) is 0 Å². The lowest BCUT2D eigenvalue weighted by Crippen LogP contribution is -2.37. The molecular formula is C17H32O2. The summed E-state index contributed by atoms with van der Waals surface area (Å²) >= 11 is 0. The summed E-state index contributed by atoms with van der Waals surface area (Å²) in [5.41, 5.74) is -0.150. The number of hydrogen-bond acceptors (Lipinski definition) is 2. The van der Waals surface area contributed by atoms with Crippen molar-refractivity contribution in [3.63, 3.8) is 0 Å². The van der Waals surface area contributed by atoms with Crippen molar-refractivity contribution in [3.8, 4) is 0 Å². The minimum Gasteiger partial charge on any atom is -0.465 e. The Kier molecular flexibility index (Phi) is 7.48. The Bertz CT molecular complexity index is 250. The van der Waals surface area contributed by atoms with Gasteiger partial charge in [-0.15, -0.1) is 0 Å². The summed E-state index contributed by atoms with van der Waals surface area (Å²) in [4.78, 5) is 12.5. The fourth-order valence-electron chi connectivity index (χ4n) is 3.31. The van der Waals surface area contributed by atoms with Gasteiger partial charge < -0.3 is 4.74 Å². The second-order valence-electron chi connectivity index (χ2n) is 6.22. The van der Waals surface area contributed by atoms with Gasteiger partial charge >= 0.3 is 5.97 Å². The van der Waals surface area contributed by atoms with Gasteiger partial charge in [0.25, 0.3) is 0 Å². The Labute approximate surface area is 119 Å². The average molecular weight is 268 g/mol. The van der Waals surface area contributed by atoms with Crippen LogP contribution in [-0.4, -0.2) is 12.6 Å². The van der Waals surface area contributed by atoms with Crippen LogP contribution in [-0.2, 0) is 9.53 Å². The molecule has 0 heterocycles. The van der Waals surface area contributed by atoms with Crippen molar-refractivity contribution in [2.75, 3.05) is 6.61 Å². The summed E-state index contributed by atoms with van der Waals surface area (Å²) in [6.45, 7) is 7.23.